The SMILES string of the molecule is CCC(C)CSCC(=O)C(C)C. The van der Waals surface area contributed by atoms with Crippen LogP contribution in [0.5, 0.6) is 0 Å². The van der Waals surface area contributed by atoms with Crippen molar-refractivity contribution in [2.24, 2.45) is 11.8 Å². The third kappa shape index (κ3) is 5.64. The van der Waals surface area contributed by atoms with E-state index in [1.165, 1.54) is 6.42 Å². The van der Waals surface area contributed by atoms with E-state index in [1.807, 2.05) is 13.8 Å². The van der Waals surface area contributed by atoms with Crippen LogP contribution >= 0.6 is 11.8 Å². The highest BCUT2D eigenvalue weighted by Gasteiger charge is 2.07. The lowest BCUT2D eigenvalue weighted by molar-refractivity contribution is -0.119. The second-order valence-electron chi connectivity index (χ2n) is 3.65. The van der Waals surface area contributed by atoms with Crippen molar-refractivity contribution >= 4 is 17.5 Å². The van der Waals surface area contributed by atoms with E-state index in [1.54, 1.807) is 11.8 Å². The molecule has 0 spiro atoms. The Hall–Kier alpha value is 0.0200. The van der Waals surface area contributed by atoms with E-state index >= 15 is 0 Å². The molecular formula is C10H20OS. The molecule has 0 aliphatic heterocycles. The van der Waals surface area contributed by atoms with E-state index in [2.05, 4.69) is 13.8 Å². The zero-order valence-corrected chi connectivity index (χ0v) is 9.41. The summed E-state index contributed by atoms with van der Waals surface area (Å²) in [6, 6.07) is 0. The van der Waals surface area contributed by atoms with Crippen LogP contribution < -0.4 is 0 Å². The standard InChI is InChI=1S/C10H20OS/c1-5-9(4)6-12-7-10(11)8(2)3/h8-9H,5-7H2,1-4H3. The van der Waals surface area contributed by atoms with Crippen LogP contribution in [0.3, 0.4) is 0 Å². The molecule has 1 atom stereocenters. The Labute approximate surface area is 80.3 Å². The molecule has 0 aromatic carbocycles. The predicted molar refractivity (Wildman–Crippen MR) is 56.6 cm³/mol. The fourth-order valence-corrected chi connectivity index (χ4v) is 1.94. The number of hydrogen-bond donors (Lipinski definition) is 0. The van der Waals surface area contributed by atoms with Crippen LogP contribution in [-0.4, -0.2) is 17.3 Å². The number of rotatable bonds is 6. The van der Waals surface area contributed by atoms with Crippen molar-refractivity contribution < 1.29 is 4.79 Å². The molecule has 0 saturated carbocycles. The lowest BCUT2D eigenvalue weighted by atomic mass is 10.1. The Morgan fingerprint density at radius 2 is 1.92 bits per heavy atom. The highest BCUT2D eigenvalue weighted by atomic mass is 32.2. The second kappa shape index (κ2) is 6.53. The van der Waals surface area contributed by atoms with E-state index in [0.717, 1.165) is 11.7 Å². The monoisotopic (exact) mass is 188 g/mol. The molecule has 12 heavy (non-hydrogen) atoms. The molecule has 0 aromatic rings. The molecule has 0 rings (SSSR count). The zero-order valence-electron chi connectivity index (χ0n) is 8.59. The summed E-state index contributed by atoms with van der Waals surface area (Å²) in [4.78, 5) is 11.2. The first-order valence-electron chi connectivity index (χ1n) is 4.68. The maximum atomic E-state index is 11.2. The normalized spacial score (nSPS) is 13.4. The molecular weight excluding hydrogens is 168 g/mol. The van der Waals surface area contributed by atoms with Gasteiger partial charge in [-0.2, -0.15) is 11.8 Å². The minimum Gasteiger partial charge on any atom is -0.298 e. The third-order valence-electron chi connectivity index (χ3n) is 1.99. The van der Waals surface area contributed by atoms with E-state index in [9.17, 15) is 4.79 Å². The van der Waals surface area contributed by atoms with Gasteiger partial charge in [0.05, 0.1) is 5.75 Å². The van der Waals surface area contributed by atoms with Crippen molar-refractivity contribution in [3.05, 3.63) is 0 Å². The highest BCUT2D eigenvalue weighted by molar-refractivity contribution is 7.99. The average Bonchev–Trinajstić information content (AvgIpc) is 2.03. The minimum absolute atomic E-state index is 0.203. The molecule has 1 nitrogen and oxygen atoms in total. The van der Waals surface area contributed by atoms with Crippen molar-refractivity contribution in [1.29, 1.82) is 0 Å². The average molecular weight is 188 g/mol. The lowest BCUT2D eigenvalue weighted by Crippen LogP contribution is -2.11. The predicted octanol–water partition coefficient (Wildman–Crippen LogP) is 2.99. The van der Waals surface area contributed by atoms with Gasteiger partial charge in [-0.05, 0) is 11.7 Å². The number of Topliss-reactive ketones (excluding diaryl/α,β-unsaturated/α-hetero) is 1. The Morgan fingerprint density at radius 3 is 2.33 bits per heavy atom. The fourth-order valence-electron chi connectivity index (χ4n) is 0.645. The summed E-state index contributed by atoms with van der Waals surface area (Å²) in [5.74, 6) is 3.14. The quantitative estimate of drug-likeness (QED) is 0.637. The fraction of sp³-hybridized carbons (Fsp3) is 0.900. The van der Waals surface area contributed by atoms with Gasteiger partial charge >= 0.3 is 0 Å². The third-order valence-corrected chi connectivity index (χ3v) is 3.28. The number of hydrogen-bond acceptors (Lipinski definition) is 2. The number of thioether (sulfide) groups is 1. The molecule has 0 bridgehead atoms. The molecule has 0 heterocycles. The summed E-state index contributed by atoms with van der Waals surface area (Å²) >= 11 is 1.77. The summed E-state index contributed by atoms with van der Waals surface area (Å²) in [5, 5.41) is 0. The lowest BCUT2D eigenvalue weighted by Gasteiger charge is -2.07. The highest BCUT2D eigenvalue weighted by Crippen LogP contribution is 2.12. The Morgan fingerprint density at radius 1 is 1.33 bits per heavy atom. The summed E-state index contributed by atoms with van der Waals surface area (Å²) in [6.07, 6.45) is 1.21. The molecule has 0 aromatic heterocycles. The van der Waals surface area contributed by atoms with Gasteiger partial charge < -0.3 is 0 Å². The van der Waals surface area contributed by atoms with Crippen molar-refractivity contribution in [3.63, 3.8) is 0 Å². The first kappa shape index (κ1) is 12.0. The first-order valence-corrected chi connectivity index (χ1v) is 5.83. The largest absolute Gasteiger partial charge is 0.298 e. The molecule has 0 N–H and O–H groups in total. The van der Waals surface area contributed by atoms with Crippen LogP contribution in [0.4, 0.5) is 0 Å². The number of ketones is 1. The van der Waals surface area contributed by atoms with E-state index in [4.69, 9.17) is 0 Å². The molecule has 0 aliphatic carbocycles. The van der Waals surface area contributed by atoms with Crippen LogP contribution in [0.1, 0.15) is 34.1 Å². The summed E-state index contributed by atoms with van der Waals surface area (Å²) in [5.41, 5.74) is 0. The minimum atomic E-state index is 0.203. The Kier molecular flexibility index (Phi) is 6.54. The second-order valence-corrected chi connectivity index (χ2v) is 4.68. The molecule has 1 unspecified atom stereocenters. The van der Waals surface area contributed by atoms with Gasteiger partial charge in [-0.3, -0.25) is 4.79 Å². The Bertz CT molecular complexity index is 132. The molecule has 0 aliphatic rings. The summed E-state index contributed by atoms with van der Waals surface area (Å²) in [6.45, 7) is 8.35. The molecule has 2 heteroatoms. The molecule has 0 amide bonds. The van der Waals surface area contributed by atoms with Crippen LogP contribution in [-0.2, 0) is 4.79 Å². The first-order chi connectivity index (χ1) is 5.57. The van der Waals surface area contributed by atoms with Gasteiger partial charge in [-0.15, -0.1) is 0 Å². The molecule has 0 radical (unpaired) electrons. The molecule has 0 saturated heterocycles. The van der Waals surface area contributed by atoms with Crippen LogP contribution in [0, 0.1) is 11.8 Å². The van der Waals surface area contributed by atoms with Crippen LogP contribution in [0.15, 0.2) is 0 Å². The van der Waals surface area contributed by atoms with E-state index < -0.39 is 0 Å². The van der Waals surface area contributed by atoms with Gasteiger partial charge in [0, 0.05) is 5.92 Å². The van der Waals surface area contributed by atoms with Gasteiger partial charge in [0.15, 0.2) is 0 Å². The number of carbonyl (C=O) groups is 1. The number of carbonyl (C=O) groups excluding carboxylic acids is 1. The van der Waals surface area contributed by atoms with Gasteiger partial charge in [0.25, 0.3) is 0 Å². The van der Waals surface area contributed by atoms with Crippen molar-refractivity contribution in [3.8, 4) is 0 Å². The van der Waals surface area contributed by atoms with E-state index in [-0.39, 0.29) is 5.92 Å². The van der Waals surface area contributed by atoms with Gasteiger partial charge in [0.1, 0.15) is 5.78 Å². The van der Waals surface area contributed by atoms with Gasteiger partial charge in [-0.25, -0.2) is 0 Å². The Balaban J connectivity index is 3.37. The van der Waals surface area contributed by atoms with Gasteiger partial charge in [-0.1, -0.05) is 34.1 Å². The van der Waals surface area contributed by atoms with E-state index in [0.29, 0.717) is 11.5 Å². The topological polar surface area (TPSA) is 17.1 Å². The van der Waals surface area contributed by atoms with Crippen molar-refractivity contribution in [1.82, 2.24) is 0 Å². The summed E-state index contributed by atoms with van der Waals surface area (Å²) < 4.78 is 0. The maximum Gasteiger partial charge on any atom is 0.145 e. The zero-order chi connectivity index (χ0) is 9.56. The van der Waals surface area contributed by atoms with Crippen molar-refractivity contribution in [2.75, 3.05) is 11.5 Å². The van der Waals surface area contributed by atoms with Gasteiger partial charge in [0.2, 0.25) is 0 Å². The molecule has 0 fully saturated rings. The smallest absolute Gasteiger partial charge is 0.145 e. The summed E-state index contributed by atoms with van der Waals surface area (Å²) in [7, 11) is 0. The van der Waals surface area contributed by atoms with Crippen molar-refractivity contribution in [2.45, 2.75) is 34.1 Å². The maximum absolute atomic E-state index is 11.2. The van der Waals surface area contributed by atoms with Crippen LogP contribution in [0.2, 0.25) is 0 Å². The van der Waals surface area contributed by atoms with Crippen LogP contribution in [0.25, 0.3) is 0 Å². The molecule has 72 valence electrons.